The lowest BCUT2D eigenvalue weighted by Gasteiger charge is -2.13. The number of amides is 1. The molecule has 1 atom stereocenters. The molecule has 66 valence electrons. The molecule has 0 saturated carbocycles. The van der Waals surface area contributed by atoms with E-state index in [9.17, 15) is 4.79 Å². The van der Waals surface area contributed by atoms with E-state index in [2.05, 4.69) is 17.2 Å². The Morgan fingerprint density at radius 3 is 2.55 bits per heavy atom. The molecule has 1 amide bonds. The summed E-state index contributed by atoms with van der Waals surface area (Å²) < 4.78 is 0. The number of halogens is 1. The third-order valence-electron chi connectivity index (χ3n) is 1.26. The smallest absolute Gasteiger partial charge is 0.244 e. The van der Waals surface area contributed by atoms with E-state index in [1.165, 1.54) is 6.08 Å². The largest absolute Gasteiger partial charge is 0.337 e. The highest BCUT2D eigenvalue weighted by Gasteiger charge is 2.02. The molecular weight excluding hydrogens is 164 g/mol. The molecule has 0 fully saturated rings. The minimum absolute atomic E-state index is 0. The van der Waals surface area contributed by atoms with Crippen LogP contribution in [-0.2, 0) is 4.79 Å². The average Bonchev–Trinajstić information content (AvgIpc) is 1.99. The lowest BCUT2D eigenvalue weighted by Crippen LogP contribution is -2.42. The van der Waals surface area contributed by atoms with Crippen molar-refractivity contribution in [2.24, 2.45) is 0 Å². The summed E-state index contributed by atoms with van der Waals surface area (Å²) in [5.41, 5.74) is 0. The predicted molar refractivity (Wildman–Crippen MR) is 48.7 cm³/mol. The first kappa shape index (κ1) is 13.1. The van der Waals surface area contributed by atoms with Gasteiger partial charge in [0, 0.05) is 0 Å². The van der Waals surface area contributed by atoms with E-state index >= 15 is 0 Å². The number of carbonyl (C=O) groups is 1. The zero-order valence-corrected chi connectivity index (χ0v) is 7.70. The molecular formula is C7H15ClN2O. The molecule has 0 rings (SSSR count). The van der Waals surface area contributed by atoms with Crippen molar-refractivity contribution >= 4 is 18.3 Å². The monoisotopic (exact) mass is 178 g/mol. The number of rotatable bonds is 4. The first-order valence-electron chi connectivity index (χ1n) is 3.34. The van der Waals surface area contributed by atoms with Gasteiger partial charge in [-0.3, -0.25) is 4.79 Å². The van der Waals surface area contributed by atoms with Gasteiger partial charge in [-0.1, -0.05) is 13.5 Å². The fourth-order valence-corrected chi connectivity index (χ4v) is 0.609. The van der Waals surface area contributed by atoms with E-state index in [0.717, 1.165) is 6.42 Å². The molecule has 1 unspecified atom stereocenters. The maximum absolute atomic E-state index is 10.7. The Bertz CT molecular complexity index is 124. The van der Waals surface area contributed by atoms with Crippen LogP contribution in [0.4, 0.5) is 0 Å². The number of hydrogen-bond acceptors (Lipinski definition) is 2. The summed E-state index contributed by atoms with van der Waals surface area (Å²) in [6, 6.07) is 0. The quantitative estimate of drug-likeness (QED) is 0.491. The van der Waals surface area contributed by atoms with Crippen LogP contribution in [0.3, 0.4) is 0 Å². The molecule has 0 spiro atoms. The second kappa shape index (κ2) is 7.57. The van der Waals surface area contributed by atoms with Crippen LogP contribution in [0.1, 0.15) is 13.3 Å². The van der Waals surface area contributed by atoms with Crippen LogP contribution in [0.2, 0.25) is 0 Å². The maximum atomic E-state index is 10.7. The van der Waals surface area contributed by atoms with Gasteiger partial charge in [-0.05, 0) is 19.5 Å². The molecule has 3 nitrogen and oxygen atoms in total. The van der Waals surface area contributed by atoms with E-state index in [1.807, 2.05) is 6.92 Å². The van der Waals surface area contributed by atoms with Gasteiger partial charge in [0.2, 0.25) is 5.91 Å². The van der Waals surface area contributed by atoms with Crippen molar-refractivity contribution in [3.8, 4) is 0 Å². The van der Waals surface area contributed by atoms with Crippen molar-refractivity contribution in [2.75, 3.05) is 7.05 Å². The van der Waals surface area contributed by atoms with E-state index in [-0.39, 0.29) is 24.5 Å². The molecule has 11 heavy (non-hydrogen) atoms. The van der Waals surface area contributed by atoms with Crippen molar-refractivity contribution < 1.29 is 4.79 Å². The first-order chi connectivity index (χ1) is 4.74. The Morgan fingerprint density at radius 2 is 2.27 bits per heavy atom. The van der Waals surface area contributed by atoms with Crippen LogP contribution in [-0.4, -0.2) is 19.1 Å². The lowest BCUT2D eigenvalue weighted by atomic mass is 10.3. The molecule has 0 radical (unpaired) electrons. The Morgan fingerprint density at radius 1 is 1.73 bits per heavy atom. The SMILES string of the molecule is C=CC(=O)NC(CC)NC.Cl. The molecule has 0 aliphatic rings. The third-order valence-corrected chi connectivity index (χ3v) is 1.26. The fourth-order valence-electron chi connectivity index (χ4n) is 0.609. The molecule has 0 aromatic heterocycles. The van der Waals surface area contributed by atoms with Gasteiger partial charge in [0.1, 0.15) is 0 Å². The van der Waals surface area contributed by atoms with Gasteiger partial charge >= 0.3 is 0 Å². The lowest BCUT2D eigenvalue weighted by molar-refractivity contribution is -0.117. The van der Waals surface area contributed by atoms with E-state index in [0.29, 0.717) is 0 Å². The van der Waals surface area contributed by atoms with Crippen molar-refractivity contribution in [2.45, 2.75) is 19.5 Å². The van der Waals surface area contributed by atoms with Crippen molar-refractivity contribution in [3.63, 3.8) is 0 Å². The van der Waals surface area contributed by atoms with Crippen molar-refractivity contribution in [1.29, 1.82) is 0 Å². The van der Waals surface area contributed by atoms with Crippen LogP contribution < -0.4 is 10.6 Å². The highest BCUT2D eigenvalue weighted by molar-refractivity contribution is 5.87. The molecule has 0 saturated heterocycles. The number of hydrogen-bond donors (Lipinski definition) is 2. The van der Waals surface area contributed by atoms with Crippen LogP contribution in [0, 0.1) is 0 Å². The van der Waals surface area contributed by atoms with Gasteiger partial charge < -0.3 is 10.6 Å². The summed E-state index contributed by atoms with van der Waals surface area (Å²) in [5.74, 6) is -0.138. The van der Waals surface area contributed by atoms with Gasteiger partial charge in [-0.15, -0.1) is 12.4 Å². The Labute approximate surface area is 73.7 Å². The molecule has 0 aliphatic heterocycles. The van der Waals surface area contributed by atoms with E-state index < -0.39 is 0 Å². The summed E-state index contributed by atoms with van der Waals surface area (Å²) in [4.78, 5) is 10.7. The maximum Gasteiger partial charge on any atom is 0.244 e. The molecule has 0 bridgehead atoms. The normalized spacial score (nSPS) is 11.1. The minimum Gasteiger partial charge on any atom is -0.337 e. The van der Waals surface area contributed by atoms with Crippen LogP contribution in [0.25, 0.3) is 0 Å². The molecule has 0 aromatic carbocycles. The molecule has 2 N–H and O–H groups in total. The highest BCUT2D eigenvalue weighted by Crippen LogP contribution is 1.83. The minimum atomic E-state index is -0.138. The highest BCUT2D eigenvalue weighted by atomic mass is 35.5. The summed E-state index contributed by atoms with van der Waals surface area (Å²) in [6.07, 6.45) is 2.20. The fraction of sp³-hybridized carbons (Fsp3) is 0.571. The van der Waals surface area contributed by atoms with E-state index in [4.69, 9.17) is 0 Å². The summed E-state index contributed by atoms with van der Waals surface area (Å²) in [5, 5.41) is 5.64. The van der Waals surface area contributed by atoms with Crippen molar-refractivity contribution in [3.05, 3.63) is 12.7 Å². The zero-order chi connectivity index (χ0) is 7.98. The van der Waals surface area contributed by atoms with Gasteiger partial charge in [-0.2, -0.15) is 0 Å². The van der Waals surface area contributed by atoms with Crippen LogP contribution in [0.5, 0.6) is 0 Å². The van der Waals surface area contributed by atoms with Crippen molar-refractivity contribution in [1.82, 2.24) is 10.6 Å². The number of carbonyl (C=O) groups excluding carboxylic acids is 1. The summed E-state index contributed by atoms with van der Waals surface area (Å²) >= 11 is 0. The third kappa shape index (κ3) is 5.88. The summed E-state index contributed by atoms with van der Waals surface area (Å²) in [7, 11) is 1.80. The second-order valence-corrected chi connectivity index (χ2v) is 1.96. The Balaban J connectivity index is 0. The molecule has 4 heteroatoms. The second-order valence-electron chi connectivity index (χ2n) is 1.96. The molecule has 0 aliphatic carbocycles. The predicted octanol–water partition coefficient (Wildman–Crippen LogP) is 0.666. The Hall–Kier alpha value is -0.540. The molecule has 0 aromatic rings. The van der Waals surface area contributed by atoms with Gasteiger partial charge in [0.25, 0.3) is 0 Å². The molecule has 0 heterocycles. The van der Waals surface area contributed by atoms with Gasteiger partial charge in [-0.25, -0.2) is 0 Å². The zero-order valence-electron chi connectivity index (χ0n) is 6.89. The first-order valence-corrected chi connectivity index (χ1v) is 3.34. The van der Waals surface area contributed by atoms with Crippen LogP contribution in [0.15, 0.2) is 12.7 Å². The Kier molecular flexibility index (Phi) is 9.00. The number of nitrogens with one attached hydrogen (secondary N) is 2. The van der Waals surface area contributed by atoms with Gasteiger partial charge in [0.15, 0.2) is 0 Å². The standard InChI is InChI=1S/C7H14N2O.ClH/c1-4-6(8-3)9-7(10)5-2;/h5-6,8H,2,4H2,1,3H3,(H,9,10);1H. The topological polar surface area (TPSA) is 41.1 Å². The van der Waals surface area contributed by atoms with Gasteiger partial charge in [0.05, 0.1) is 6.17 Å². The van der Waals surface area contributed by atoms with Crippen LogP contribution >= 0.6 is 12.4 Å². The average molecular weight is 179 g/mol. The summed E-state index contributed by atoms with van der Waals surface area (Å²) in [6.45, 7) is 5.33. The van der Waals surface area contributed by atoms with E-state index in [1.54, 1.807) is 7.05 Å².